The summed E-state index contributed by atoms with van der Waals surface area (Å²) in [4.78, 5) is 44.7. The van der Waals surface area contributed by atoms with Crippen molar-refractivity contribution >= 4 is 29.3 Å². The van der Waals surface area contributed by atoms with Crippen LogP contribution >= 0.6 is 0 Å². The van der Waals surface area contributed by atoms with Gasteiger partial charge in [0.15, 0.2) is 17.5 Å². The smallest absolute Gasteiger partial charge is 0.337 e. The Morgan fingerprint density at radius 2 is 1.89 bits per heavy atom. The van der Waals surface area contributed by atoms with Crippen LogP contribution in [-0.4, -0.2) is 55.3 Å². The minimum absolute atomic E-state index is 0.0320. The minimum Gasteiger partial charge on any atom is -0.478 e. The van der Waals surface area contributed by atoms with Crippen LogP contribution in [0.15, 0.2) is 36.7 Å². The third-order valence-corrected chi connectivity index (χ3v) is 6.58. The summed E-state index contributed by atoms with van der Waals surface area (Å²) in [5, 5.41) is 16.2. The highest BCUT2D eigenvalue weighted by Crippen LogP contribution is 2.36. The molecular weight excluding hydrogens is 493 g/mol. The first-order valence-electron chi connectivity index (χ1n) is 11.4. The summed E-state index contributed by atoms with van der Waals surface area (Å²) in [5.74, 6) is -6.30. The number of nitrogens with zero attached hydrogens (tertiary/aromatic N) is 5. The molecule has 10 nitrogen and oxygen atoms in total. The molecule has 2 aliphatic rings. The maximum absolute atomic E-state index is 13.6. The zero-order chi connectivity index (χ0) is 26.4. The molecule has 2 aliphatic heterocycles. The molecule has 1 unspecified atom stereocenters. The van der Waals surface area contributed by atoms with Crippen LogP contribution < -0.4 is 10.2 Å². The summed E-state index contributed by atoms with van der Waals surface area (Å²) in [6.45, 7) is 2.28. The van der Waals surface area contributed by atoms with Crippen LogP contribution in [0.2, 0.25) is 0 Å². The summed E-state index contributed by atoms with van der Waals surface area (Å²) in [6.07, 6.45) is 3.06. The molecule has 2 N–H and O–H groups in total. The second-order valence-corrected chi connectivity index (χ2v) is 8.97. The van der Waals surface area contributed by atoms with Crippen LogP contribution in [0.5, 0.6) is 0 Å². The zero-order valence-electron chi connectivity index (χ0n) is 19.5. The lowest BCUT2D eigenvalue weighted by Gasteiger charge is -2.35. The number of carboxylic acids is 1. The van der Waals surface area contributed by atoms with Gasteiger partial charge in [0.2, 0.25) is 5.91 Å². The van der Waals surface area contributed by atoms with E-state index < -0.39 is 35.4 Å². The highest BCUT2D eigenvalue weighted by molar-refractivity contribution is 5.98. The van der Waals surface area contributed by atoms with Gasteiger partial charge in [-0.25, -0.2) is 22.8 Å². The van der Waals surface area contributed by atoms with Crippen LogP contribution in [0.4, 0.5) is 29.3 Å². The number of benzene rings is 1. The quantitative estimate of drug-likeness (QED) is 0.516. The SMILES string of the molecule is C[C@H]1Cn2ncc(N3CC(c4ncccc4C(=O)O)CC3=O)c2CN1C(=O)Nc1cc(F)c(F)c(F)c1. The number of pyridine rings is 1. The number of aromatic carboxylic acids is 1. The average molecular weight is 514 g/mol. The number of hydrogen-bond acceptors (Lipinski definition) is 5. The van der Waals surface area contributed by atoms with Gasteiger partial charge in [-0.3, -0.25) is 14.5 Å². The van der Waals surface area contributed by atoms with Gasteiger partial charge in [0.1, 0.15) is 0 Å². The van der Waals surface area contributed by atoms with Gasteiger partial charge in [-0.2, -0.15) is 5.10 Å². The fraction of sp³-hybridized carbons (Fsp3) is 0.292. The lowest BCUT2D eigenvalue weighted by Crippen LogP contribution is -2.47. The van der Waals surface area contributed by atoms with Crippen molar-refractivity contribution in [2.24, 2.45) is 0 Å². The number of halogens is 3. The van der Waals surface area contributed by atoms with E-state index >= 15 is 0 Å². The number of rotatable bonds is 4. The maximum Gasteiger partial charge on any atom is 0.337 e. The standard InChI is InChI=1S/C24H21F3N6O4/c1-12-9-33-19(11-31(12)24(37)30-14-6-16(25)21(27)17(26)7-14)18(8-29-33)32-10-13(5-20(32)34)22-15(23(35)36)3-2-4-28-22/h2-4,6-8,12-13H,5,9-11H2,1H3,(H,30,37)(H,35,36)/t12-,13?/m0/s1. The molecule has 2 aromatic heterocycles. The number of carbonyl (C=O) groups is 3. The number of carboxylic acid groups (broad SMARTS) is 1. The van der Waals surface area contributed by atoms with E-state index in [0.29, 0.717) is 35.8 Å². The van der Waals surface area contributed by atoms with E-state index in [1.54, 1.807) is 11.6 Å². The molecule has 0 spiro atoms. The van der Waals surface area contributed by atoms with Gasteiger partial charge in [0.05, 0.1) is 48.0 Å². The van der Waals surface area contributed by atoms with Crippen molar-refractivity contribution in [1.29, 1.82) is 0 Å². The predicted octanol–water partition coefficient (Wildman–Crippen LogP) is 3.35. The molecule has 192 valence electrons. The van der Waals surface area contributed by atoms with Gasteiger partial charge in [-0.1, -0.05) is 0 Å². The van der Waals surface area contributed by atoms with E-state index in [1.165, 1.54) is 34.3 Å². The summed E-state index contributed by atoms with van der Waals surface area (Å²) in [7, 11) is 0. The Bertz CT molecular complexity index is 1400. The number of carbonyl (C=O) groups excluding carboxylic acids is 2. The number of aromatic nitrogens is 3. The Morgan fingerprint density at radius 3 is 2.59 bits per heavy atom. The topological polar surface area (TPSA) is 121 Å². The van der Waals surface area contributed by atoms with Crippen molar-refractivity contribution in [3.63, 3.8) is 0 Å². The predicted molar refractivity (Wildman–Crippen MR) is 123 cm³/mol. The van der Waals surface area contributed by atoms with E-state index in [2.05, 4.69) is 15.4 Å². The van der Waals surface area contributed by atoms with Crippen LogP contribution in [0.1, 0.15) is 41.0 Å². The van der Waals surface area contributed by atoms with Gasteiger partial charge >= 0.3 is 12.0 Å². The van der Waals surface area contributed by atoms with Gasteiger partial charge in [0.25, 0.3) is 0 Å². The van der Waals surface area contributed by atoms with Crippen LogP contribution in [0.25, 0.3) is 0 Å². The minimum atomic E-state index is -1.63. The molecular formula is C24H21F3N6O4. The molecule has 37 heavy (non-hydrogen) atoms. The fourth-order valence-corrected chi connectivity index (χ4v) is 4.75. The highest BCUT2D eigenvalue weighted by Gasteiger charge is 2.38. The molecule has 0 bridgehead atoms. The lowest BCUT2D eigenvalue weighted by atomic mass is 9.99. The van der Waals surface area contributed by atoms with Gasteiger partial charge in [0, 0.05) is 42.9 Å². The Balaban J connectivity index is 1.37. The highest BCUT2D eigenvalue weighted by atomic mass is 19.2. The molecule has 1 saturated heterocycles. The van der Waals surface area contributed by atoms with Crippen molar-refractivity contribution in [1.82, 2.24) is 19.7 Å². The Hall–Kier alpha value is -4.42. The van der Waals surface area contributed by atoms with Gasteiger partial charge in [-0.15, -0.1) is 0 Å². The van der Waals surface area contributed by atoms with Crippen molar-refractivity contribution in [3.05, 3.63) is 71.1 Å². The molecule has 1 fully saturated rings. The molecule has 13 heteroatoms. The molecule has 5 rings (SSSR count). The van der Waals surface area contributed by atoms with Gasteiger partial charge in [-0.05, 0) is 19.1 Å². The summed E-state index contributed by atoms with van der Waals surface area (Å²) < 4.78 is 42.1. The first-order chi connectivity index (χ1) is 17.6. The fourth-order valence-electron chi connectivity index (χ4n) is 4.75. The molecule has 2 atom stereocenters. The normalized spacial score (nSPS) is 19.2. The van der Waals surface area contributed by atoms with Crippen molar-refractivity contribution in [2.45, 2.75) is 38.4 Å². The molecule has 3 aromatic rings. The largest absolute Gasteiger partial charge is 0.478 e. The van der Waals surface area contributed by atoms with Crippen LogP contribution in [0.3, 0.4) is 0 Å². The first-order valence-corrected chi connectivity index (χ1v) is 11.4. The third kappa shape index (κ3) is 4.36. The van der Waals surface area contributed by atoms with E-state index in [4.69, 9.17) is 0 Å². The Morgan fingerprint density at radius 1 is 1.16 bits per heavy atom. The van der Waals surface area contributed by atoms with Crippen molar-refractivity contribution < 1.29 is 32.7 Å². The second kappa shape index (κ2) is 9.22. The molecule has 4 heterocycles. The number of urea groups is 1. The molecule has 0 saturated carbocycles. The number of nitrogens with one attached hydrogen (secondary N) is 1. The first kappa shape index (κ1) is 24.3. The van der Waals surface area contributed by atoms with Crippen LogP contribution in [0, 0.1) is 17.5 Å². The number of anilines is 2. The monoisotopic (exact) mass is 514 g/mol. The number of fused-ring (bicyclic) bond motifs is 1. The van der Waals surface area contributed by atoms with E-state index in [1.807, 2.05) is 0 Å². The van der Waals surface area contributed by atoms with Crippen LogP contribution in [-0.2, 0) is 17.9 Å². The van der Waals surface area contributed by atoms with Gasteiger partial charge < -0.3 is 20.2 Å². The van der Waals surface area contributed by atoms with Crippen molar-refractivity contribution in [2.75, 3.05) is 16.8 Å². The molecule has 0 radical (unpaired) electrons. The summed E-state index contributed by atoms with van der Waals surface area (Å²) in [6, 6.07) is 3.31. The molecule has 1 aromatic carbocycles. The van der Waals surface area contributed by atoms with E-state index in [-0.39, 0.29) is 42.7 Å². The Kier molecular flexibility index (Phi) is 6.05. The maximum atomic E-state index is 13.6. The third-order valence-electron chi connectivity index (χ3n) is 6.58. The Labute approximate surface area is 208 Å². The van der Waals surface area contributed by atoms with E-state index in [0.717, 1.165) is 0 Å². The number of amides is 3. The van der Waals surface area contributed by atoms with E-state index in [9.17, 15) is 32.7 Å². The molecule has 3 amide bonds. The summed E-state index contributed by atoms with van der Waals surface area (Å²) in [5.41, 5.74) is 1.15. The number of hydrogen-bond donors (Lipinski definition) is 2. The lowest BCUT2D eigenvalue weighted by molar-refractivity contribution is -0.117. The average Bonchev–Trinajstić information content (AvgIpc) is 3.44. The summed E-state index contributed by atoms with van der Waals surface area (Å²) >= 11 is 0. The second-order valence-electron chi connectivity index (χ2n) is 8.97. The molecule has 0 aliphatic carbocycles. The zero-order valence-corrected chi connectivity index (χ0v) is 19.5. The van der Waals surface area contributed by atoms with Crippen molar-refractivity contribution in [3.8, 4) is 0 Å².